The van der Waals surface area contributed by atoms with Gasteiger partial charge in [0.1, 0.15) is 0 Å². The number of ether oxygens (including phenoxy) is 1. The van der Waals surface area contributed by atoms with Crippen molar-refractivity contribution in [3.63, 3.8) is 0 Å². The molecular formula is C13H18BrClN2OS. The van der Waals surface area contributed by atoms with Crippen molar-refractivity contribution in [3.05, 3.63) is 27.7 Å². The summed E-state index contributed by atoms with van der Waals surface area (Å²) in [7, 11) is 0. The predicted octanol–water partition coefficient (Wildman–Crippen LogP) is 4.21. The fraction of sp³-hybridized carbons (Fsp3) is 0.462. The molecule has 2 N–H and O–H groups in total. The summed E-state index contributed by atoms with van der Waals surface area (Å²) in [5.74, 6) is 0. The van der Waals surface area contributed by atoms with E-state index in [-0.39, 0.29) is 0 Å². The molecule has 0 saturated heterocycles. The Morgan fingerprint density at radius 2 is 2.21 bits per heavy atom. The molecule has 3 nitrogen and oxygen atoms in total. The number of hydrogen-bond donors (Lipinski definition) is 2. The summed E-state index contributed by atoms with van der Waals surface area (Å²) in [6.07, 6.45) is 1.99. The molecule has 0 unspecified atom stereocenters. The second kappa shape index (κ2) is 9.53. The number of anilines is 1. The topological polar surface area (TPSA) is 33.3 Å². The zero-order chi connectivity index (χ0) is 14.1. The lowest BCUT2D eigenvalue weighted by Crippen LogP contribution is -2.29. The highest BCUT2D eigenvalue weighted by Crippen LogP contribution is 2.25. The molecule has 0 heterocycles. The highest BCUT2D eigenvalue weighted by molar-refractivity contribution is 9.10. The molecule has 0 aliphatic carbocycles. The average Bonchev–Trinajstić information content (AvgIpc) is 2.38. The zero-order valence-corrected chi connectivity index (χ0v) is 14.0. The number of nitrogens with one attached hydrogen (secondary N) is 2. The van der Waals surface area contributed by atoms with E-state index in [0.717, 1.165) is 42.8 Å². The lowest BCUT2D eigenvalue weighted by atomic mass is 10.3. The molecule has 0 amide bonds. The van der Waals surface area contributed by atoms with E-state index in [1.54, 1.807) is 0 Å². The average molecular weight is 366 g/mol. The Kier molecular flexibility index (Phi) is 8.37. The van der Waals surface area contributed by atoms with Crippen LogP contribution in [0.3, 0.4) is 0 Å². The van der Waals surface area contributed by atoms with Crippen LogP contribution in [-0.2, 0) is 4.74 Å². The summed E-state index contributed by atoms with van der Waals surface area (Å²) in [4.78, 5) is 0. The fourth-order valence-electron chi connectivity index (χ4n) is 1.37. The van der Waals surface area contributed by atoms with Gasteiger partial charge in [-0.15, -0.1) is 0 Å². The van der Waals surface area contributed by atoms with Crippen LogP contribution in [0.5, 0.6) is 0 Å². The van der Waals surface area contributed by atoms with Gasteiger partial charge in [0.05, 0.1) is 5.02 Å². The van der Waals surface area contributed by atoms with E-state index >= 15 is 0 Å². The molecule has 0 atom stereocenters. The smallest absolute Gasteiger partial charge is 0.170 e. The van der Waals surface area contributed by atoms with E-state index in [2.05, 4.69) is 33.5 Å². The van der Waals surface area contributed by atoms with Crippen molar-refractivity contribution in [1.29, 1.82) is 0 Å². The van der Waals surface area contributed by atoms with Crippen LogP contribution in [0.4, 0.5) is 5.69 Å². The summed E-state index contributed by atoms with van der Waals surface area (Å²) in [5.41, 5.74) is 0.868. The van der Waals surface area contributed by atoms with Gasteiger partial charge < -0.3 is 15.4 Å². The van der Waals surface area contributed by atoms with Crippen molar-refractivity contribution in [3.8, 4) is 0 Å². The monoisotopic (exact) mass is 364 g/mol. The SMILES string of the molecule is CCCOCCCNC(=S)Nc1ccc(Br)c(Cl)c1. The van der Waals surface area contributed by atoms with Crippen LogP contribution in [0.25, 0.3) is 0 Å². The molecule has 0 aliphatic rings. The molecule has 0 fully saturated rings. The van der Waals surface area contributed by atoms with Crippen LogP contribution in [0.15, 0.2) is 22.7 Å². The molecule has 0 saturated carbocycles. The van der Waals surface area contributed by atoms with Gasteiger partial charge in [-0.05, 0) is 59.2 Å². The molecule has 0 radical (unpaired) electrons. The molecule has 6 heteroatoms. The van der Waals surface area contributed by atoms with Crippen molar-refractivity contribution in [2.45, 2.75) is 19.8 Å². The van der Waals surface area contributed by atoms with Crippen molar-refractivity contribution >= 4 is 50.5 Å². The van der Waals surface area contributed by atoms with Crippen LogP contribution >= 0.6 is 39.7 Å². The molecule has 0 aromatic heterocycles. The predicted molar refractivity (Wildman–Crippen MR) is 89.1 cm³/mol. The number of benzene rings is 1. The molecule has 0 bridgehead atoms. The van der Waals surface area contributed by atoms with E-state index in [1.165, 1.54) is 0 Å². The Labute approximate surface area is 133 Å². The van der Waals surface area contributed by atoms with Crippen molar-refractivity contribution in [1.82, 2.24) is 5.32 Å². The van der Waals surface area contributed by atoms with Gasteiger partial charge in [-0.2, -0.15) is 0 Å². The maximum absolute atomic E-state index is 6.01. The van der Waals surface area contributed by atoms with E-state index in [0.29, 0.717) is 10.1 Å². The first-order valence-electron chi connectivity index (χ1n) is 6.21. The third kappa shape index (κ3) is 7.11. The van der Waals surface area contributed by atoms with Gasteiger partial charge in [-0.1, -0.05) is 18.5 Å². The Morgan fingerprint density at radius 3 is 2.89 bits per heavy atom. The Bertz CT molecular complexity index is 418. The first kappa shape index (κ1) is 16.7. The van der Waals surface area contributed by atoms with E-state index in [1.807, 2.05) is 18.2 Å². The van der Waals surface area contributed by atoms with Crippen LogP contribution < -0.4 is 10.6 Å². The number of hydrogen-bond acceptors (Lipinski definition) is 2. The normalized spacial score (nSPS) is 10.3. The van der Waals surface area contributed by atoms with Gasteiger partial charge in [0.2, 0.25) is 0 Å². The van der Waals surface area contributed by atoms with Crippen molar-refractivity contribution in [2.75, 3.05) is 25.1 Å². The van der Waals surface area contributed by atoms with Crippen LogP contribution in [0.2, 0.25) is 5.02 Å². The second-order valence-electron chi connectivity index (χ2n) is 3.98. The fourth-order valence-corrected chi connectivity index (χ4v) is 2.02. The Balaban J connectivity index is 2.21. The highest BCUT2D eigenvalue weighted by atomic mass is 79.9. The minimum absolute atomic E-state index is 0.592. The first-order chi connectivity index (χ1) is 9.13. The molecule has 1 rings (SSSR count). The molecule has 1 aromatic rings. The van der Waals surface area contributed by atoms with E-state index in [9.17, 15) is 0 Å². The summed E-state index contributed by atoms with van der Waals surface area (Å²) < 4.78 is 6.25. The summed E-state index contributed by atoms with van der Waals surface area (Å²) in [6.45, 7) is 4.47. The minimum Gasteiger partial charge on any atom is -0.381 e. The van der Waals surface area contributed by atoms with Crippen LogP contribution in [0.1, 0.15) is 19.8 Å². The standard InChI is InChI=1S/C13H18BrClN2OS/c1-2-7-18-8-3-6-16-13(19)17-10-4-5-11(14)12(15)9-10/h4-5,9H,2-3,6-8H2,1H3,(H2,16,17,19). The van der Waals surface area contributed by atoms with E-state index in [4.69, 9.17) is 28.6 Å². The third-order valence-corrected chi connectivity index (χ3v) is 3.76. The lowest BCUT2D eigenvalue weighted by Gasteiger charge is -2.11. The molecule has 0 aliphatic heterocycles. The quantitative estimate of drug-likeness (QED) is 0.560. The molecule has 1 aromatic carbocycles. The summed E-state index contributed by atoms with van der Waals surface area (Å²) in [5, 5.41) is 7.46. The van der Waals surface area contributed by atoms with Gasteiger partial charge in [-0.3, -0.25) is 0 Å². The van der Waals surface area contributed by atoms with Gasteiger partial charge in [-0.25, -0.2) is 0 Å². The Hall–Kier alpha value is -0.360. The van der Waals surface area contributed by atoms with E-state index < -0.39 is 0 Å². The molecular weight excluding hydrogens is 348 g/mol. The minimum atomic E-state index is 0.592. The number of thiocarbonyl (C=S) groups is 1. The van der Waals surface area contributed by atoms with Crippen molar-refractivity contribution < 1.29 is 4.74 Å². The zero-order valence-electron chi connectivity index (χ0n) is 10.8. The van der Waals surface area contributed by atoms with Crippen LogP contribution in [-0.4, -0.2) is 24.9 Å². The largest absolute Gasteiger partial charge is 0.381 e. The van der Waals surface area contributed by atoms with Gasteiger partial charge in [0, 0.05) is 29.9 Å². The highest BCUT2D eigenvalue weighted by Gasteiger charge is 2.01. The Morgan fingerprint density at radius 1 is 1.42 bits per heavy atom. The molecule has 0 spiro atoms. The number of halogens is 2. The number of rotatable bonds is 7. The first-order valence-corrected chi connectivity index (χ1v) is 7.79. The second-order valence-corrected chi connectivity index (χ2v) is 5.65. The summed E-state index contributed by atoms with van der Waals surface area (Å²) >= 11 is 14.5. The van der Waals surface area contributed by atoms with Gasteiger partial charge >= 0.3 is 0 Å². The molecule has 106 valence electrons. The van der Waals surface area contributed by atoms with Gasteiger partial charge in [0.15, 0.2) is 5.11 Å². The van der Waals surface area contributed by atoms with Gasteiger partial charge in [0.25, 0.3) is 0 Å². The van der Waals surface area contributed by atoms with Crippen LogP contribution in [0, 0.1) is 0 Å². The summed E-state index contributed by atoms with van der Waals surface area (Å²) in [6, 6.07) is 5.62. The maximum Gasteiger partial charge on any atom is 0.170 e. The maximum atomic E-state index is 6.01. The molecule has 19 heavy (non-hydrogen) atoms. The third-order valence-electron chi connectivity index (χ3n) is 2.28. The lowest BCUT2D eigenvalue weighted by molar-refractivity contribution is 0.133. The van der Waals surface area contributed by atoms with Crippen molar-refractivity contribution in [2.24, 2.45) is 0 Å².